The molecule has 4 rings (SSSR count). The standard InChI is InChI=1S/C22H18N4O3/c1-28-9-10-29-19-8-7-15(11-16(19)12-23)18-13-26(17-5-3-2-4-6-17)21-20(18)22(27)25-14-24-21/h2-8,11,13-14H,9-10H2,1H3,(H,24,25,27). The number of nitriles is 1. The zero-order chi connectivity index (χ0) is 20.2. The predicted octanol–water partition coefficient (Wildman–Crippen LogP) is 3.28. The van der Waals surface area contributed by atoms with E-state index in [1.54, 1.807) is 19.2 Å². The van der Waals surface area contributed by atoms with Gasteiger partial charge in [0.25, 0.3) is 5.56 Å². The van der Waals surface area contributed by atoms with Gasteiger partial charge in [-0.3, -0.25) is 4.79 Å². The van der Waals surface area contributed by atoms with Gasteiger partial charge >= 0.3 is 0 Å². The zero-order valence-electron chi connectivity index (χ0n) is 15.8. The summed E-state index contributed by atoms with van der Waals surface area (Å²) in [6.07, 6.45) is 3.26. The van der Waals surface area contributed by atoms with E-state index in [2.05, 4.69) is 16.0 Å². The van der Waals surface area contributed by atoms with Crippen molar-refractivity contribution >= 4 is 11.0 Å². The molecule has 0 radical (unpaired) electrons. The zero-order valence-corrected chi connectivity index (χ0v) is 15.8. The smallest absolute Gasteiger partial charge is 0.260 e. The second kappa shape index (κ2) is 8.00. The molecule has 0 spiro atoms. The predicted molar refractivity (Wildman–Crippen MR) is 109 cm³/mol. The number of hydrogen-bond donors (Lipinski definition) is 1. The minimum Gasteiger partial charge on any atom is -0.490 e. The van der Waals surface area contributed by atoms with Crippen molar-refractivity contribution in [1.29, 1.82) is 5.26 Å². The Morgan fingerprint density at radius 3 is 2.76 bits per heavy atom. The van der Waals surface area contributed by atoms with Crippen LogP contribution in [0.4, 0.5) is 0 Å². The summed E-state index contributed by atoms with van der Waals surface area (Å²) in [4.78, 5) is 19.6. The molecular formula is C22H18N4O3. The van der Waals surface area contributed by atoms with Crippen molar-refractivity contribution in [3.05, 3.63) is 77.0 Å². The Kier molecular flexibility index (Phi) is 5.10. The molecule has 0 amide bonds. The van der Waals surface area contributed by atoms with Gasteiger partial charge < -0.3 is 19.0 Å². The number of hydrogen-bond acceptors (Lipinski definition) is 5. The van der Waals surface area contributed by atoms with Crippen LogP contribution in [-0.4, -0.2) is 34.9 Å². The number of rotatable bonds is 6. The average Bonchev–Trinajstić information content (AvgIpc) is 3.16. The summed E-state index contributed by atoms with van der Waals surface area (Å²) in [5.74, 6) is 0.479. The molecule has 0 aliphatic rings. The molecule has 2 heterocycles. The van der Waals surface area contributed by atoms with Crippen molar-refractivity contribution in [1.82, 2.24) is 14.5 Å². The van der Waals surface area contributed by atoms with Crippen LogP contribution in [0.5, 0.6) is 5.75 Å². The first kappa shape index (κ1) is 18.5. The first-order valence-corrected chi connectivity index (χ1v) is 9.03. The molecule has 0 unspecified atom stereocenters. The Morgan fingerprint density at radius 1 is 1.17 bits per heavy atom. The van der Waals surface area contributed by atoms with E-state index < -0.39 is 0 Å². The Labute approximate surface area is 166 Å². The summed E-state index contributed by atoms with van der Waals surface area (Å²) in [6.45, 7) is 0.777. The minimum absolute atomic E-state index is 0.237. The highest BCUT2D eigenvalue weighted by Crippen LogP contribution is 2.32. The van der Waals surface area contributed by atoms with E-state index in [0.717, 1.165) is 11.3 Å². The largest absolute Gasteiger partial charge is 0.490 e. The summed E-state index contributed by atoms with van der Waals surface area (Å²) in [5, 5.41) is 10.0. The molecule has 7 nitrogen and oxygen atoms in total. The summed E-state index contributed by atoms with van der Waals surface area (Å²) >= 11 is 0. The van der Waals surface area contributed by atoms with Gasteiger partial charge in [-0.2, -0.15) is 5.26 Å². The van der Waals surface area contributed by atoms with Gasteiger partial charge in [-0.15, -0.1) is 0 Å². The van der Waals surface area contributed by atoms with E-state index in [1.807, 2.05) is 47.2 Å². The Hall–Kier alpha value is -3.89. The number of H-pyrrole nitrogens is 1. The Bertz CT molecular complexity index is 1250. The van der Waals surface area contributed by atoms with E-state index in [-0.39, 0.29) is 5.56 Å². The van der Waals surface area contributed by atoms with E-state index in [4.69, 9.17) is 9.47 Å². The second-order valence-corrected chi connectivity index (χ2v) is 6.34. The number of nitrogens with zero attached hydrogens (tertiary/aromatic N) is 3. The molecule has 2 aromatic carbocycles. The SMILES string of the molecule is COCCOc1ccc(-c2cn(-c3ccccc3)c3nc[nH]c(=O)c23)cc1C#N. The fraction of sp³-hybridized carbons (Fsp3) is 0.136. The average molecular weight is 386 g/mol. The molecule has 0 fully saturated rings. The Morgan fingerprint density at radius 2 is 2.00 bits per heavy atom. The van der Waals surface area contributed by atoms with Crippen molar-refractivity contribution in [3.63, 3.8) is 0 Å². The van der Waals surface area contributed by atoms with Gasteiger partial charge in [-0.05, 0) is 29.8 Å². The van der Waals surface area contributed by atoms with E-state index in [9.17, 15) is 10.1 Å². The van der Waals surface area contributed by atoms with Gasteiger partial charge in [0.05, 0.1) is 23.9 Å². The van der Waals surface area contributed by atoms with Crippen LogP contribution in [0.15, 0.2) is 65.8 Å². The van der Waals surface area contributed by atoms with E-state index >= 15 is 0 Å². The molecule has 4 aromatic rings. The highest BCUT2D eigenvalue weighted by Gasteiger charge is 2.17. The summed E-state index contributed by atoms with van der Waals surface area (Å²) in [6, 6.07) is 17.1. The number of methoxy groups -OCH3 is 1. The van der Waals surface area contributed by atoms with Gasteiger partial charge in [-0.1, -0.05) is 24.3 Å². The number of ether oxygens (including phenoxy) is 2. The number of para-hydroxylation sites is 1. The van der Waals surface area contributed by atoms with Crippen LogP contribution in [0.2, 0.25) is 0 Å². The molecule has 0 aliphatic heterocycles. The second-order valence-electron chi connectivity index (χ2n) is 6.34. The topological polar surface area (TPSA) is 92.9 Å². The van der Waals surface area contributed by atoms with Gasteiger partial charge in [0, 0.05) is 24.6 Å². The third-order valence-electron chi connectivity index (χ3n) is 4.58. The van der Waals surface area contributed by atoms with Crippen molar-refractivity contribution in [3.8, 4) is 28.6 Å². The molecule has 2 aromatic heterocycles. The molecule has 7 heteroatoms. The lowest BCUT2D eigenvalue weighted by Crippen LogP contribution is -2.07. The fourth-order valence-corrected chi connectivity index (χ4v) is 3.22. The molecule has 0 aliphatic carbocycles. The van der Waals surface area contributed by atoms with Crippen LogP contribution in [-0.2, 0) is 4.74 Å². The van der Waals surface area contributed by atoms with Crippen LogP contribution < -0.4 is 10.3 Å². The summed E-state index contributed by atoms with van der Waals surface area (Å²) in [7, 11) is 1.59. The number of aromatic nitrogens is 3. The lowest BCUT2D eigenvalue weighted by molar-refractivity contribution is 0.146. The van der Waals surface area contributed by atoms with Gasteiger partial charge in [-0.25, -0.2) is 4.98 Å². The van der Waals surface area contributed by atoms with Crippen molar-refractivity contribution < 1.29 is 9.47 Å². The third-order valence-corrected chi connectivity index (χ3v) is 4.58. The number of aromatic amines is 1. The number of benzene rings is 2. The maximum Gasteiger partial charge on any atom is 0.260 e. The molecule has 0 atom stereocenters. The van der Waals surface area contributed by atoms with Gasteiger partial charge in [0.15, 0.2) is 5.65 Å². The quantitative estimate of drug-likeness (QED) is 0.513. The molecule has 29 heavy (non-hydrogen) atoms. The van der Waals surface area contributed by atoms with Crippen LogP contribution in [0, 0.1) is 11.3 Å². The lowest BCUT2D eigenvalue weighted by atomic mass is 10.0. The maximum absolute atomic E-state index is 12.6. The van der Waals surface area contributed by atoms with Crippen LogP contribution >= 0.6 is 0 Å². The van der Waals surface area contributed by atoms with Crippen molar-refractivity contribution in [2.24, 2.45) is 0 Å². The first-order chi connectivity index (χ1) is 14.2. The highest BCUT2D eigenvalue weighted by atomic mass is 16.5. The Balaban J connectivity index is 1.87. The molecule has 0 saturated carbocycles. The number of fused-ring (bicyclic) bond motifs is 1. The molecule has 0 saturated heterocycles. The molecule has 144 valence electrons. The highest BCUT2D eigenvalue weighted by molar-refractivity contribution is 5.94. The maximum atomic E-state index is 12.6. The van der Waals surface area contributed by atoms with Gasteiger partial charge in [0.1, 0.15) is 18.4 Å². The van der Waals surface area contributed by atoms with Crippen LogP contribution in [0.25, 0.3) is 27.8 Å². The monoisotopic (exact) mass is 386 g/mol. The normalized spacial score (nSPS) is 10.8. The van der Waals surface area contributed by atoms with Gasteiger partial charge in [0.2, 0.25) is 0 Å². The fourth-order valence-electron chi connectivity index (χ4n) is 3.22. The van der Waals surface area contributed by atoms with E-state index in [0.29, 0.717) is 41.1 Å². The summed E-state index contributed by atoms with van der Waals surface area (Å²) < 4.78 is 12.5. The number of nitrogens with one attached hydrogen (secondary N) is 1. The van der Waals surface area contributed by atoms with Crippen LogP contribution in [0.3, 0.4) is 0 Å². The summed E-state index contributed by atoms with van der Waals surface area (Å²) in [5.41, 5.74) is 3.02. The third kappa shape index (κ3) is 3.49. The lowest BCUT2D eigenvalue weighted by Gasteiger charge is -2.08. The minimum atomic E-state index is -0.237. The molecule has 0 bridgehead atoms. The van der Waals surface area contributed by atoms with E-state index in [1.165, 1.54) is 6.33 Å². The van der Waals surface area contributed by atoms with Crippen molar-refractivity contribution in [2.75, 3.05) is 20.3 Å². The van der Waals surface area contributed by atoms with Crippen molar-refractivity contribution in [2.45, 2.75) is 0 Å². The first-order valence-electron chi connectivity index (χ1n) is 9.03. The molecule has 1 N–H and O–H groups in total. The molecular weight excluding hydrogens is 368 g/mol. The van der Waals surface area contributed by atoms with Crippen LogP contribution in [0.1, 0.15) is 5.56 Å².